The standard InChI is InChI=1S/C20H16N2O5S/c1-26-17-10-13(7-8-16(17)27-20(25)18-6-3-9-28-18)12-21-22-15-5-2-4-14(11-15)19(23)24/h2-12,22H,1H3,(H,23,24)/b21-12+. The fourth-order valence-corrected chi connectivity index (χ4v) is 2.90. The molecule has 0 atom stereocenters. The molecule has 8 heteroatoms. The first-order valence-electron chi connectivity index (χ1n) is 8.13. The highest BCUT2D eigenvalue weighted by Crippen LogP contribution is 2.29. The molecule has 28 heavy (non-hydrogen) atoms. The van der Waals surface area contributed by atoms with E-state index < -0.39 is 11.9 Å². The Morgan fingerprint density at radius 1 is 1.11 bits per heavy atom. The van der Waals surface area contributed by atoms with Gasteiger partial charge in [-0.25, -0.2) is 9.59 Å². The van der Waals surface area contributed by atoms with Crippen LogP contribution in [0.3, 0.4) is 0 Å². The number of anilines is 1. The Bertz CT molecular complexity index is 1020. The number of rotatable bonds is 7. The van der Waals surface area contributed by atoms with Crippen molar-refractivity contribution in [3.05, 3.63) is 76.0 Å². The number of benzene rings is 2. The molecule has 0 unspecified atom stereocenters. The molecule has 0 saturated carbocycles. The second kappa shape index (κ2) is 8.83. The quantitative estimate of drug-likeness (QED) is 0.270. The summed E-state index contributed by atoms with van der Waals surface area (Å²) in [5, 5.41) is 14.9. The highest BCUT2D eigenvalue weighted by molar-refractivity contribution is 7.12. The molecule has 1 aromatic heterocycles. The number of ether oxygens (including phenoxy) is 2. The van der Waals surface area contributed by atoms with E-state index in [1.807, 2.05) is 0 Å². The van der Waals surface area contributed by atoms with Gasteiger partial charge in [-0.3, -0.25) is 5.43 Å². The van der Waals surface area contributed by atoms with Crippen LogP contribution in [-0.4, -0.2) is 30.4 Å². The van der Waals surface area contributed by atoms with Crippen molar-refractivity contribution in [3.63, 3.8) is 0 Å². The zero-order chi connectivity index (χ0) is 19.9. The molecular formula is C20H16N2O5S. The van der Waals surface area contributed by atoms with E-state index in [-0.39, 0.29) is 5.56 Å². The second-order valence-electron chi connectivity index (χ2n) is 5.53. The van der Waals surface area contributed by atoms with Gasteiger partial charge in [0.15, 0.2) is 11.5 Å². The summed E-state index contributed by atoms with van der Waals surface area (Å²) in [4.78, 5) is 23.6. The lowest BCUT2D eigenvalue weighted by Crippen LogP contribution is -2.07. The van der Waals surface area contributed by atoms with Gasteiger partial charge in [-0.05, 0) is 53.4 Å². The Morgan fingerprint density at radius 2 is 1.96 bits per heavy atom. The first-order valence-corrected chi connectivity index (χ1v) is 9.01. The van der Waals surface area contributed by atoms with Crippen molar-refractivity contribution in [3.8, 4) is 11.5 Å². The summed E-state index contributed by atoms with van der Waals surface area (Å²) >= 11 is 1.30. The number of carboxylic acids is 1. The molecule has 1 heterocycles. The number of methoxy groups -OCH3 is 1. The molecule has 0 fully saturated rings. The van der Waals surface area contributed by atoms with Crippen LogP contribution >= 0.6 is 11.3 Å². The summed E-state index contributed by atoms with van der Waals surface area (Å²) in [6.07, 6.45) is 1.54. The van der Waals surface area contributed by atoms with Gasteiger partial charge in [0, 0.05) is 0 Å². The summed E-state index contributed by atoms with van der Waals surface area (Å²) in [6, 6.07) is 14.8. The zero-order valence-electron chi connectivity index (χ0n) is 14.8. The molecule has 0 aliphatic carbocycles. The predicted octanol–water partition coefficient (Wildman–Crippen LogP) is 4.12. The molecule has 3 aromatic rings. The molecule has 0 amide bonds. The lowest BCUT2D eigenvalue weighted by molar-refractivity contribution is 0.0694. The minimum atomic E-state index is -1.01. The number of carboxylic acid groups (broad SMARTS) is 1. The third-order valence-electron chi connectivity index (χ3n) is 3.63. The maximum absolute atomic E-state index is 12.1. The largest absolute Gasteiger partial charge is 0.493 e. The Balaban J connectivity index is 1.69. The lowest BCUT2D eigenvalue weighted by Gasteiger charge is -2.09. The van der Waals surface area contributed by atoms with Crippen LogP contribution in [0.25, 0.3) is 0 Å². The van der Waals surface area contributed by atoms with E-state index in [9.17, 15) is 9.59 Å². The summed E-state index contributed by atoms with van der Waals surface area (Å²) < 4.78 is 10.7. The van der Waals surface area contributed by atoms with Crippen molar-refractivity contribution in [1.82, 2.24) is 0 Å². The van der Waals surface area contributed by atoms with Gasteiger partial charge in [0.1, 0.15) is 4.88 Å². The van der Waals surface area contributed by atoms with Crippen molar-refractivity contribution >= 4 is 35.2 Å². The number of hydrogen-bond acceptors (Lipinski definition) is 7. The van der Waals surface area contributed by atoms with Gasteiger partial charge in [-0.1, -0.05) is 12.1 Å². The zero-order valence-corrected chi connectivity index (χ0v) is 15.6. The molecule has 0 saturated heterocycles. The first kappa shape index (κ1) is 19.1. The molecule has 0 spiro atoms. The minimum absolute atomic E-state index is 0.166. The molecule has 2 aromatic carbocycles. The Morgan fingerprint density at radius 3 is 2.68 bits per heavy atom. The third kappa shape index (κ3) is 4.74. The number of thiophene rings is 1. The number of esters is 1. The molecule has 0 aliphatic rings. The van der Waals surface area contributed by atoms with Crippen molar-refractivity contribution in [1.29, 1.82) is 0 Å². The fourth-order valence-electron chi connectivity index (χ4n) is 2.30. The monoisotopic (exact) mass is 396 g/mol. The normalized spacial score (nSPS) is 10.6. The van der Waals surface area contributed by atoms with Gasteiger partial charge in [0.25, 0.3) is 0 Å². The van der Waals surface area contributed by atoms with E-state index in [2.05, 4.69) is 10.5 Å². The van der Waals surface area contributed by atoms with Crippen LogP contribution in [0, 0.1) is 0 Å². The van der Waals surface area contributed by atoms with Crippen LogP contribution in [0.4, 0.5) is 5.69 Å². The van der Waals surface area contributed by atoms with Crippen molar-refractivity contribution in [2.45, 2.75) is 0 Å². The van der Waals surface area contributed by atoms with Gasteiger partial charge >= 0.3 is 11.9 Å². The summed E-state index contributed by atoms with van der Waals surface area (Å²) in [7, 11) is 1.48. The van der Waals surface area contributed by atoms with Crippen LogP contribution < -0.4 is 14.9 Å². The Hall–Kier alpha value is -3.65. The topological polar surface area (TPSA) is 97.2 Å². The highest BCUT2D eigenvalue weighted by Gasteiger charge is 2.13. The minimum Gasteiger partial charge on any atom is -0.493 e. The van der Waals surface area contributed by atoms with Crippen molar-refractivity contribution < 1.29 is 24.2 Å². The van der Waals surface area contributed by atoms with Gasteiger partial charge < -0.3 is 14.6 Å². The number of aromatic carboxylic acids is 1. The average molecular weight is 396 g/mol. The molecule has 142 valence electrons. The third-order valence-corrected chi connectivity index (χ3v) is 4.48. The SMILES string of the molecule is COc1cc(/C=N/Nc2cccc(C(=O)O)c2)ccc1OC(=O)c1cccs1. The van der Waals surface area contributed by atoms with Crippen LogP contribution in [0.1, 0.15) is 25.6 Å². The first-order chi connectivity index (χ1) is 13.6. The van der Waals surface area contributed by atoms with E-state index in [1.165, 1.54) is 30.6 Å². The van der Waals surface area contributed by atoms with Gasteiger partial charge in [-0.2, -0.15) is 5.10 Å². The average Bonchev–Trinajstić information content (AvgIpc) is 3.24. The van der Waals surface area contributed by atoms with E-state index in [0.29, 0.717) is 27.6 Å². The second-order valence-corrected chi connectivity index (χ2v) is 6.48. The molecule has 7 nitrogen and oxygen atoms in total. The number of hydrogen-bond donors (Lipinski definition) is 2. The summed E-state index contributed by atoms with van der Waals surface area (Å²) in [6.45, 7) is 0. The van der Waals surface area contributed by atoms with Gasteiger partial charge in [-0.15, -0.1) is 11.3 Å². The molecule has 3 rings (SSSR count). The Kier molecular flexibility index (Phi) is 6.03. The number of nitrogens with one attached hydrogen (secondary N) is 1. The van der Waals surface area contributed by atoms with E-state index in [0.717, 1.165) is 0 Å². The number of carbonyl (C=O) groups is 2. The molecule has 0 radical (unpaired) electrons. The molecular weight excluding hydrogens is 380 g/mol. The van der Waals surface area contributed by atoms with Crippen LogP contribution in [0.15, 0.2) is 65.1 Å². The van der Waals surface area contributed by atoms with Crippen LogP contribution in [0.2, 0.25) is 0 Å². The number of nitrogens with zero attached hydrogens (tertiary/aromatic N) is 1. The van der Waals surface area contributed by atoms with Crippen LogP contribution in [-0.2, 0) is 0 Å². The van der Waals surface area contributed by atoms with E-state index >= 15 is 0 Å². The summed E-state index contributed by atoms with van der Waals surface area (Å²) in [5.74, 6) is -0.762. The highest BCUT2D eigenvalue weighted by atomic mass is 32.1. The van der Waals surface area contributed by atoms with E-state index in [1.54, 1.807) is 54.1 Å². The maximum atomic E-state index is 12.1. The maximum Gasteiger partial charge on any atom is 0.353 e. The molecule has 0 aliphatic heterocycles. The van der Waals surface area contributed by atoms with Crippen molar-refractivity contribution in [2.75, 3.05) is 12.5 Å². The number of carbonyl (C=O) groups excluding carboxylic acids is 1. The fraction of sp³-hybridized carbons (Fsp3) is 0.0500. The van der Waals surface area contributed by atoms with Gasteiger partial charge in [0.2, 0.25) is 0 Å². The predicted molar refractivity (Wildman–Crippen MR) is 107 cm³/mol. The molecule has 0 bridgehead atoms. The van der Waals surface area contributed by atoms with Crippen molar-refractivity contribution in [2.24, 2.45) is 5.10 Å². The Labute approximate surface area is 164 Å². The molecule has 2 N–H and O–H groups in total. The smallest absolute Gasteiger partial charge is 0.353 e. The lowest BCUT2D eigenvalue weighted by atomic mass is 10.2. The van der Waals surface area contributed by atoms with Crippen LogP contribution in [0.5, 0.6) is 11.5 Å². The number of hydrazone groups is 1. The summed E-state index contributed by atoms with van der Waals surface area (Å²) in [5.41, 5.74) is 4.19. The van der Waals surface area contributed by atoms with E-state index in [4.69, 9.17) is 14.6 Å². The van der Waals surface area contributed by atoms with Gasteiger partial charge in [0.05, 0.1) is 24.6 Å².